The largest absolute Gasteiger partial charge is 0.455 e. The number of alkyl halides is 1. The van der Waals surface area contributed by atoms with E-state index in [-0.39, 0.29) is 0 Å². The monoisotopic (exact) mass is 398 g/mol. The van der Waals surface area contributed by atoms with Crippen LogP contribution in [0.5, 0.6) is 11.5 Å². The molecule has 6 heteroatoms. The third-order valence-corrected chi connectivity index (χ3v) is 4.34. The lowest BCUT2D eigenvalue weighted by atomic mass is 10.2. The van der Waals surface area contributed by atoms with Gasteiger partial charge in [-0.05, 0) is 18.2 Å². The Morgan fingerprint density at radius 1 is 0.842 bits per heavy atom. The van der Waals surface area contributed by atoms with Crippen LogP contribution < -0.4 is 4.74 Å². The van der Waals surface area contributed by atoms with Crippen molar-refractivity contribution in [1.82, 2.24) is 0 Å². The third kappa shape index (κ3) is 3.50. The quantitative estimate of drug-likeness (QED) is 0.398. The molecule has 0 radical (unpaired) electrons. The molecule has 2 aromatic carbocycles. The normalized spacial score (nSPS) is 10.6. The molecule has 0 bridgehead atoms. The van der Waals surface area contributed by atoms with Crippen LogP contribution >= 0.6 is 62.3 Å². The Balaban J connectivity index is 2.42. The van der Waals surface area contributed by atoms with Crippen LogP contribution in [0.1, 0.15) is 5.56 Å². The Morgan fingerprint density at radius 2 is 1.53 bits per heavy atom. The van der Waals surface area contributed by atoms with Crippen molar-refractivity contribution >= 4 is 62.3 Å². The maximum Gasteiger partial charge on any atom is 0.147 e. The highest BCUT2D eigenvalue weighted by Crippen LogP contribution is 2.38. The summed E-state index contributed by atoms with van der Waals surface area (Å²) in [5.74, 6) is 1.05. The second-order valence-corrected chi connectivity index (χ2v) is 5.84. The zero-order valence-corrected chi connectivity index (χ0v) is 14.0. The number of hydrogen-bond donors (Lipinski definition) is 0. The van der Waals surface area contributed by atoms with E-state index in [0.29, 0.717) is 36.9 Å². The summed E-state index contributed by atoms with van der Waals surface area (Å²) in [6.07, 6.45) is 0. The van der Waals surface area contributed by atoms with Crippen LogP contribution in [0.2, 0.25) is 20.1 Å². The van der Waals surface area contributed by atoms with Crippen molar-refractivity contribution in [2.45, 2.75) is 5.33 Å². The summed E-state index contributed by atoms with van der Waals surface area (Å²) in [6, 6.07) is 8.52. The van der Waals surface area contributed by atoms with E-state index in [1.807, 2.05) is 0 Å². The molecule has 0 aromatic heterocycles. The molecule has 0 aliphatic rings. The fourth-order valence-electron chi connectivity index (χ4n) is 1.47. The Labute approximate surface area is 139 Å². The fraction of sp³-hybridized carbons (Fsp3) is 0.0769. The second kappa shape index (κ2) is 6.55. The van der Waals surface area contributed by atoms with Crippen LogP contribution in [0.4, 0.5) is 0 Å². The maximum atomic E-state index is 6.10. The van der Waals surface area contributed by atoms with Gasteiger partial charge in [0, 0.05) is 22.0 Å². The van der Waals surface area contributed by atoms with Crippen LogP contribution in [0.15, 0.2) is 30.3 Å². The first-order chi connectivity index (χ1) is 9.02. The van der Waals surface area contributed by atoms with Gasteiger partial charge in [-0.25, -0.2) is 0 Å². The first-order valence-corrected chi connectivity index (χ1v) is 7.82. The Morgan fingerprint density at radius 3 is 2.21 bits per heavy atom. The first-order valence-electron chi connectivity index (χ1n) is 5.18. The van der Waals surface area contributed by atoms with Crippen LogP contribution in [0, 0.1) is 0 Å². The minimum absolute atomic E-state index is 0.378. The molecule has 0 N–H and O–H groups in total. The summed E-state index contributed by atoms with van der Waals surface area (Å²) in [5.41, 5.74) is 0.839. The molecule has 0 atom stereocenters. The fourth-order valence-corrected chi connectivity index (χ4v) is 3.01. The van der Waals surface area contributed by atoms with E-state index in [0.717, 1.165) is 5.56 Å². The molecule has 100 valence electrons. The topological polar surface area (TPSA) is 9.23 Å². The predicted molar refractivity (Wildman–Crippen MR) is 85.6 cm³/mol. The molecule has 0 spiro atoms. The van der Waals surface area contributed by atoms with Crippen LogP contribution in [-0.2, 0) is 5.33 Å². The van der Waals surface area contributed by atoms with Gasteiger partial charge in [-0.2, -0.15) is 0 Å². The van der Waals surface area contributed by atoms with Crippen LogP contribution in [0.3, 0.4) is 0 Å². The van der Waals surface area contributed by atoms with E-state index >= 15 is 0 Å². The van der Waals surface area contributed by atoms with Crippen molar-refractivity contribution in [3.63, 3.8) is 0 Å². The van der Waals surface area contributed by atoms with Crippen molar-refractivity contribution < 1.29 is 4.74 Å². The minimum atomic E-state index is 0.378. The third-order valence-electron chi connectivity index (χ3n) is 2.40. The van der Waals surface area contributed by atoms with Crippen molar-refractivity contribution in [2.24, 2.45) is 0 Å². The maximum absolute atomic E-state index is 6.10. The van der Waals surface area contributed by atoms with E-state index in [9.17, 15) is 0 Å². The predicted octanol–water partition coefficient (Wildman–Crippen LogP) is 6.99. The zero-order chi connectivity index (χ0) is 14.0. The molecule has 0 aliphatic carbocycles. The molecule has 0 saturated carbocycles. The molecule has 2 aromatic rings. The number of benzene rings is 2. The van der Waals surface area contributed by atoms with Gasteiger partial charge in [0.05, 0.1) is 15.1 Å². The Kier molecular flexibility index (Phi) is 5.27. The van der Waals surface area contributed by atoms with Gasteiger partial charge in [-0.3, -0.25) is 0 Å². The van der Waals surface area contributed by atoms with E-state index in [2.05, 4.69) is 15.9 Å². The standard InChI is InChI=1S/C13H7BrCl4O/c14-6-7-8(15)2-1-3-12(7)19-13-5-10(17)9(16)4-11(13)18/h1-5H,6H2. The van der Waals surface area contributed by atoms with E-state index in [4.69, 9.17) is 51.1 Å². The van der Waals surface area contributed by atoms with Gasteiger partial charge in [0.1, 0.15) is 11.5 Å². The van der Waals surface area contributed by atoms with Crippen molar-refractivity contribution in [1.29, 1.82) is 0 Å². The highest BCUT2D eigenvalue weighted by Gasteiger charge is 2.12. The smallest absolute Gasteiger partial charge is 0.147 e. The number of halogens is 5. The van der Waals surface area contributed by atoms with Gasteiger partial charge in [-0.15, -0.1) is 0 Å². The summed E-state index contributed by atoms with van der Waals surface area (Å²) >= 11 is 27.4. The second-order valence-electron chi connectivity index (χ2n) is 3.65. The van der Waals surface area contributed by atoms with Gasteiger partial charge in [0.15, 0.2) is 0 Å². The highest BCUT2D eigenvalue weighted by molar-refractivity contribution is 9.08. The highest BCUT2D eigenvalue weighted by atomic mass is 79.9. The Hall–Kier alpha value is -0.120. The molecule has 0 amide bonds. The lowest BCUT2D eigenvalue weighted by Gasteiger charge is -2.12. The molecule has 2 rings (SSSR count). The SMILES string of the molecule is Clc1cc(Cl)c(Oc2cccc(Cl)c2CBr)cc1Cl. The van der Waals surface area contributed by atoms with Gasteiger partial charge in [-0.1, -0.05) is 68.4 Å². The molecule has 0 saturated heterocycles. The van der Waals surface area contributed by atoms with Crippen molar-refractivity contribution in [3.05, 3.63) is 56.0 Å². The Bertz CT molecular complexity index is 616. The van der Waals surface area contributed by atoms with E-state index in [1.54, 1.807) is 30.3 Å². The lowest BCUT2D eigenvalue weighted by molar-refractivity contribution is 0.479. The number of rotatable bonds is 3. The first kappa shape index (κ1) is 15.3. The van der Waals surface area contributed by atoms with Gasteiger partial charge < -0.3 is 4.74 Å². The number of ether oxygens (including phenoxy) is 1. The molecule has 0 aliphatic heterocycles. The summed E-state index contributed by atoms with van der Waals surface area (Å²) in [4.78, 5) is 0. The van der Waals surface area contributed by atoms with Crippen molar-refractivity contribution in [3.8, 4) is 11.5 Å². The van der Waals surface area contributed by atoms with Gasteiger partial charge in [0.2, 0.25) is 0 Å². The van der Waals surface area contributed by atoms with Gasteiger partial charge in [0.25, 0.3) is 0 Å². The average Bonchev–Trinajstić information content (AvgIpc) is 2.36. The van der Waals surface area contributed by atoms with Gasteiger partial charge >= 0.3 is 0 Å². The molecular formula is C13H7BrCl4O. The summed E-state index contributed by atoms with van der Waals surface area (Å²) in [7, 11) is 0. The number of hydrogen-bond acceptors (Lipinski definition) is 1. The van der Waals surface area contributed by atoms with Crippen molar-refractivity contribution in [2.75, 3.05) is 0 Å². The molecule has 0 heterocycles. The lowest BCUT2D eigenvalue weighted by Crippen LogP contribution is -1.91. The molecule has 1 nitrogen and oxygen atoms in total. The molecule has 0 fully saturated rings. The van der Waals surface area contributed by atoms with Crippen LogP contribution in [-0.4, -0.2) is 0 Å². The van der Waals surface area contributed by atoms with E-state index < -0.39 is 0 Å². The summed E-state index contributed by atoms with van der Waals surface area (Å²) in [5, 5.41) is 2.33. The minimum Gasteiger partial charge on any atom is -0.455 e. The van der Waals surface area contributed by atoms with Crippen LogP contribution in [0.25, 0.3) is 0 Å². The zero-order valence-electron chi connectivity index (χ0n) is 9.39. The van der Waals surface area contributed by atoms with E-state index in [1.165, 1.54) is 0 Å². The molecule has 19 heavy (non-hydrogen) atoms. The molecular weight excluding hydrogens is 394 g/mol. The molecule has 0 unspecified atom stereocenters. The average molecular weight is 401 g/mol. The summed E-state index contributed by atoms with van der Waals surface area (Å²) < 4.78 is 5.76. The summed E-state index contributed by atoms with van der Waals surface area (Å²) in [6.45, 7) is 0.